The van der Waals surface area contributed by atoms with E-state index in [4.69, 9.17) is 5.11 Å². The van der Waals surface area contributed by atoms with Crippen molar-refractivity contribution in [2.45, 2.75) is 13.0 Å². The normalized spacial score (nSPS) is 11.4. The number of nitrogens with zero attached hydrogens (tertiary/aromatic N) is 2. The molecule has 1 heterocycles. The molecular weight excluding hydrogens is 321 g/mol. The number of hydrogen-bond acceptors (Lipinski definition) is 6. The van der Waals surface area contributed by atoms with Gasteiger partial charge in [0.05, 0.1) is 12.4 Å². The van der Waals surface area contributed by atoms with Crippen LogP contribution in [0, 0.1) is 5.82 Å². The third-order valence-electron chi connectivity index (χ3n) is 3.19. The standard InChI is InChI=1S/C15H18FN3O3S/c1-23(21,22)7-3-6-17-15-18-8-12(9-19-15)13-5-2-4-11(10-20)14(13)16/h2,4-5,8-9,20H,3,6-7,10H2,1H3,(H,17,18,19). The van der Waals surface area contributed by atoms with Crippen molar-refractivity contribution in [3.63, 3.8) is 0 Å². The number of rotatable bonds is 7. The number of halogens is 1. The van der Waals surface area contributed by atoms with Gasteiger partial charge in [-0.2, -0.15) is 0 Å². The summed E-state index contributed by atoms with van der Waals surface area (Å²) in [6.07, 6.45) is 4.60. The zero-order valence-corrected chi connectivity index (χ0v) is 13.5. The fourth-order valence-corrected chi connectivity index (χ4v) is 2.69. The summed E-state index contributed by atoms with van der Waals surface area (Å²) in [5, 5.41) is 12.0. The van der Waals surface area contributed by atoms with Gasteiger partial charge in [0.2, 0.25) is 5.95 Å². The minimum absolute atomic E-state index is 0.0945. The Labute approximate surface area is 134 Å². The van der Waals surface area contributed by atoms with E-state index < -0.39 is 15.7 Å². The molecule has 0 fully saturated rings. The van der Waals surface area contributed by atoms with E-state index in [0.29, 0.717) is 30.0 Å². The van der Waals surface area contributed by atoms with Crippen LogP contribution in [-0.4, -0.2) is 42.0 Å². The number of hydrogen-bond donors (Lipinski definition) is 2. The zero-order chi connectivity index (χ0) is 16.9. The lowest BCUT2D eigenvalue weighted by Crippen LogP contribution is -2.11. The van der Waals surface area contributed by atoms with Gasteiger partial charge >= 0.3 is 0 Å². The van der Waals surface area contributed by atoms with E-state index in [2.05, 4.69) is 15.3 Å². The summed E-state index contributed by atoms with van der Waals surface area (Å²) < 4.78 is 36.2. The van der Waals surface area contributed by atoms with E-state index >= 15 is 0 Å². The summed E-state index contributed by atoms with van der Waals surface area (Å²) in [5.41, 5.74) is 1.03. The first-order valence-electron chi connectivity index (χ1n) is 7.03. The maximum absolute atomic E-state index is 14.1. The minimum Gasteiger partial charge on any atom is -0.392 e. The molecule has 124 valence electrons. The van der Waals surface area contributed by atoms with Crippen molar-refractivity contribution in [3.05, 3.63) is 42.0 Å². The molecule has 6 nitrogen and oxygen atoms in total. The smallest absolute Gasteiger partial charge is 0.222 e. The fourth-order valence-electron chi connectivity index (χ4n) is 2.02. The van der Waals surface area contributed by atoms with Crippen LogP contribution in [0.1, 0.15) is 12.0 Å². The first kappa shape index (κ1) is 17.3. The first-order chi connectivity index (χ1) is 10.9. The lowest BCUT2D eigenvalue weighted by Gasteiger charge is -2.08. The van der Waals surface area contributed by atoms with E-state index in [1.807, 2.05) is 0 Å². The molecule has 23 heavy (non-hydrogen) atoms. The van der Waals surface area contributed by atoms with E-state index in [-0.39, 0.29) is 17.9 Å². The highest BCUT2D eigenvalue weighted by molar-refractivity contribution is 7.90. The molecular formula is C15H18FN3O3S. The highest BCUT2D eigenvalue weighted by Gasteiger charge is 2.10. The number of nitrogens with one attached hydrogen (secondary N) is 1. The third-order valence-corrected chi connectivity index (χ3v) is 4.22. The van der Waals surface area contributed by atoms with E-state index in [9.17, 15) is 12.8 Å². The molecule has 0 aliphatic heterocycles. The van der Waals surface area contributed by atoms with Crippen LogP contribution < -0.4 is 5.32 Å². The van der Waals surface area contributed by atoms with Crippen LogP contribution in [0.3, 0.4) is 0 Å². The van der Waals surface area contributed by atoms with Crippen molar-refractivity contribution in [1.29, 1.82) is 0 Å². The maximum atomic E-state index is 14.1. The average molecular weight is 339 g/mol. The van der Waals surface area contributed by atoms with Crippen molar-refractivity contribution in [2.24, 2.45) is 0 Å². The first-order valence-corrected chi connectivity index (χ1v) is 9.09. The van der Waals surface area contributed by atoms with Crippen molar-refractivity contribution < 1.29 is 17.9 Å². The SMILES string of the molecule is CS(=O)(=O)CCCNc1ncc(-c2cccc(CO)c2F)cn1. The van der Waals surface area contributed by atoms with Crippen molar-refractivity contribution >= 4 is 15.8 Å². The summed E-state index contributed by atoms with van der Waals surface area (Å²) in [6, 6.07) is 4.76. The van der Waals surface area contributed by atoms with Gasteiger partial charge in [-0.1, -0.05) is 18.2 Å². The minimum atomic E-state index is -2.98. The lowest BCUT2D eigenvalue weighted by molar-refractivity contribution is 0.276. The van der Waals surface area contributed by atoms with Crippen molar-refractivity contribution in [2.75, 3.05) is 23.9 Å². The Morgan fingerprint density at radius 3 is 2.57 bits per heavy atom. The Kier molecular flexibility index (Phi) is 5.62. The molecule has 2 rings (SSSR count). The molecule has 0 spiro atoms. The van der Waals surface area contributed by atoms with Gasteiger partial charge in [0.25, 0.3) is 0 Å². The van der Waals surface area contributed by atoms with Gasteiger partial charge in [0, 0.05) is 41.9 Å². The van der Waals surface area contributed by atoms with Crippen LogP contribution in [0.5, 0.6) is 0 Å². The zero-order valence-electron chi connectivity index (χ0n) is 12.7. The molecule has 0 saturated carbocycles. The van der Waals surface area contributed by atoms with Crippen LogP contribution in [0.2, 0.25) is 0 Å². The molecule has 0 aliphatic rings. The Balaban J connectivity index is 2.02. The Bertz CT molecular complexity index is 764. The van der Waals surface area contributed by atoms with E-state index in [1.165, 1.54) is 24.7 Å². The molecule has 0 atom stereocenters. The quantitative estimate of drug-likeness (QED) is 0.745. The van der Waals surface area contributed by atoms with Gasteiger partial charge in [0.15, 0.2) is 0 Å². The molecule has 1 aromatic carbocycles. The molecule has 0 bridgehead atoms. The van der Waals surface area contributed by atoms with Crippen molar-refractivity contribution in [3.8, 4) is 11.1 Å². The Hall–Kier alpha value is -2.06. The molecule has 8 heteroatoms. The number of anilines is 1. The highest BCUT2D eigenvalue weighted by atomic mass is 32.2. The van der Waals surface area contributed by atoms with E-state index in [1.54, 1.807) is 12.1 Å². The second-order valence-corrected chi connectivity index (χ2v) is 7.40. The topological polar surface area (TPSA) is 92.2 Å². The average Bonchev–Trinajstić information content (AvgIpc) is 2.52. The van der Waals surface area contributed by atoms with E-state index in [0.717, 1.165) is 0 Å². The molecule has 0 unspecified atom stereocenters. The number of benzene rings is 1. The van der Waals surface area contributed by atoms with Gasteiger partial charge in [-0.25, -0.2) is 22.8 Å². The fraction of sp³-hybridized carbons (Fsp3) is 0.333. The molecule has 0 saturated heterocycles. The maximum Gasteiger partial charge on any atom is 0.222 e. The molecule has 0 aliphatic carbocycles. The number of sulfone groups is 1. The number of aliphatic hydroxyl groups excluding tert-OH is 1. The molecule has 0 amide bonds. The van der Waals surface area contributed by atoms with Gasteiger partial charge in [-0.05, 0) is 6.42 Å². The summed E-state index contributed by atoms with van der Waals surface area (Å²) >= 11 is 0. The van der Waals surface area contributed by atoms with Gasteiger partial charge in [-0.3, -0.25) is 0 Å². The number of aromatic nitrogens is 2. The predicted octanol–water partition coefficient (Wildman–Crippen LogP) is 1.62. The summed E-state index contributed by atoms with van der Waals surface area (Å²) in [5.74, 6) is -0.0505. The van der Waals surface area contributed by atoms with Crippen LogP contribution in [0.4, 0.5) is 10.3 Å². The second kappa shape index (κ2) is 7.47. The predicted molar refractivity (Wildman–Crippen MR) is 86.2 cm³/mol. The van der Waals surface area contributed by atoms with Gasteiger partial charge in [0.1, 0.15) is 15.7 Å². The molecule has 2 N–H and O–H groups in total. The Morgan fingerprint density at radius 1 is 1.26 bits per heavy atom. The summed E-state index contributed by atoms with van der Waals surface area (Å²) in [4.78, 5) is 8.17. The monoisotopic (exact) mass is 339 g/mol. The summed E-state index contributed by atoms with van der Waals surface area (Å²) in [7, 11) is -2.98. The molecule has 0 radical (unpaired) electrons. The molecule has 2 aromatic rings. The van der Waals surface area contributed by atoms with Gasteiger partial charge in [-0.15, -0.1) is 0 Å². The largest absolute Gasteiger partial charge is 0.392 e. The van der Waals surface area contributed by atoms with Crippen molar-refractivity contribution in [1.82, 2.24) is 9.97 Å². The van der Waals surface area contributed by atoms with Crippen LogP contribution in [-0.2, 0) is 16.4 Å². The van der Waals surface area contributed by atoms with Crippen LogP contribution in [0.15, 0.2) is 30.6 Å². The Morgan fingerprint density at radius 2 is 1.96 bits per heavy atom. The number of aliphatic hydroxyl groups is 1. The third kappa shape index (κ3) is 4.97. The lowest BCUT2D eigenvalue weighted by atomic mass is 10.1. The molecule has 1 aromatic heterocycles. The van der Waals surface area contributed by atoms with Crippen LogP contribution >= 0.6 is 0 Å². The second-order valence-electron chi connectivity index (χ2n) is 5.14. The summed E-state index contributed by atoms with van der Waals surface area (Å²) in [6.45, 7) is 0.0568. The van der Waals surface area contributed by atoms with Crippen LogP contribution in [0.25, 0.3) is 11.1 Å². The van der Waals surface area contributed by atoms with Gasteiger partial charge < -0.3 is 10.4 Å². The highest BCUT2D eigenvalue weighted by Crippen LogP contribution is 2.24.